The summed E-state index contributed by atoms with van der Waals surface area (Å²) in [5.74, 6) is -5.86. The van der Waals surface area contributed by atoms with Crippen molar-refractivity contribution >= 4 is 23.2 Å². The van der Waals surface area contributed by atoms with Crippen LogP contribution in [0.3, 0.4) is 0 Å². The van der Waals surface area contributed by atoms with Crippen LogP contribution in [-0.4, -0.2) is 88.2 Å². The van der Waals surface area contributed by atoms with Gasteiger partial charge in [0.1, 0.15) is 22.8 Å². The topological polar surface area (TPSA) is 151 Å². The Morgan fingerprint density at radius 3 is 2.33 bits per heavy atom. The number of allylic oxidation sites excluding steroid dienone is 1. The van der Waals surface area contributed by atoms with Gasteiger partial charge in [0.15, 0.2) is 11.4 Å². The number of rotatable bonds is 6. The van der Waals surface area contributed by atoms with Gasteiger partial charge in [0, 0.05) is 36.8 Å². The molecule has 10 heteroatoms. The van der Waals surface area contributed by atoms with Crippen LogP contribution in [0.4, 0.5) is 5.69 Å². The van der Waals surface area contributed by atoms with E-state index in [0.717, 1.165) is 12.1 Å². The van der Waals surface area contributed by atoms with Crippen molar-refractivity contribution < 1.29 is 34.8 Å². The van der Waals surface area contributed by atoms with Crippen molar-refractivity contribution in [1.29, 1.82) is 0 Å². The zero-order valence-corrected chi connectivity index (χ0v) is 23.6. The van der Waals surface area contributed by atoms with Crippen LogP contribution in [0.2, 0.25) is 0 Å². The summed E-state index contributed by atoms with van der Waals surface area (Å²) in [5.41, 5.74) is -2.74. The number of hydrogen-bond acceptors (Lipinski definition) is 9. The van der Waals surface area contributed by atoms with Gasteiger partial charge in [0.2, 0.25) is 5.78 Å². The largest absolute Gasteiger partial charge is 0.510 e. The third-order valence-corrected chi connectivity index (χ3v) is 8.37. The second-order valence-corrected chi connectivity index (χ2v) is 12.0. The van der Waals surface area contributed by atoms with Gasteiger partial charge in [0.25, 0.3) is 5.91 Å². The molecule has 0 aliphatic heterocycles. The fourth-order valence-corrected chi connectivity index (χ4v) is 6.69. The number of anilines is 1. The standard InChI is InChI=1S/C29H39N3O7/c1-8-11-28(2,3)30-27(38)21-24(35)22(32(6)7)16-13-14-12-15-17(31(4)5)9-10-18(33)20(15)23(34)19(14)25(36)29(16,39)26(21)37/h9-10,14,16,22,33,35-36,39H,8,11-13H2,1-7H3,(H,30,38)/t14-,16-,22-,29-/m0/s1. The molecule has 39 heavy (non-hydrogen) atoms. The number of Topliss-reactive ketones (excluding diaryl/α,β-unsaturated/α-hetero) is 2. The Morgan fingerprint density at radius 2 is 1.77 bits per heavy atom. The average Bonchev–Trinajstić information content (AvgIpc) is 2.80. The first-order valence-electron chi connectivity index (χ1n) is 13.3. The molecule has 0 saturated carbocycles. The Kier molecular flexibility index (Phi) is 7.10. The summed E-state index contributed by atoms with van der Waals surface area (Å²) in [6, 6.07) is 2.13. The van der Waals surface area contributed by atoms with Crippen LogP contribution in [0, 0.1) is 11.8 Å². The van der Waals surface area contributed by atoms with E-state index in [1.54, 1.807) is 38.9 Å². The number of ketones is 2. The fraction of sp³-hybridized carbons (Fsp3) is 0.552. The van der Waals surface area contributed by atoms with Crippen LogP contribution in [0.25, 0.3) is 0 Å². The van der Waals surface area contributed by atoms with E-state index in [-0.39, 0.29) is 29.7 Å². The zero-order valence-electron chi connectivity index (χ0n) is 23.6. The number of aliphatic hydroxyl groups excluding tert-OH is 2. The van der Waals surface area contributed by atoms with E-state index in [4.69, 9.17) is 0 Å². The molecule has 5 N–H and O–H groups in total. The molecule has 4 rings (SSSR count). The minimum Gasteiger partial charge on any atom is -0.510 e. The van der Waals surface area contributed by atoms with Crippen molar-refractivity contribution in [3.8, 4) is 5.75 Å². The van der Waals surface area contributed by atoms with E-state index >= 15 is 0 Å². The lowest BCUT2D eigenvalue weighted by Crippen LogP contribution is -2.64. The highest BCUT2D eigenvalue weighted by Gasteiger charge is 2.63. The number of carbonyl (C=O) groups is 3. The molecule has 0 bridgehead atoms. The van der Waals surface area contributed by atoms with Gasteiger partial charge in [-0.2, -0.15) is 0 Å². The Hall–Kier alpha value is -3.37. The first-order valence-corrected chi connectivity index (χ1v) is 13.3. The van der Waals surface area contributed by atoms with Crippen LogP contribution >= 0.6 is 0 Å². The number of aromatic hydroxyl groups is 1. The second kappa shape index (κ2) is 9.67. The maximum absolute atomic E-state index is 13.9. The van der Waals surface area contributed by atoms with Gasteiger partial charge in [0.05, 0.1) is 11.6 Å². The van der Waals surface area contributed by atoms with Crippen molar-refractivity contribution in [2.75, 3.05) is 33.1 Å². The van der Waals surface area contributed by atoms with Gasteiger partial charge in [-0.05, 0) is 70.8 Å². The number of phenols is 1. The van der Waals surface area contributed by atoms with Crippen LogP contribution < -0.4 is 10.2 Å². The average molecular weight is 542 g/mol. The molecule has 0 radical (unpaired) electrons. The molecule has 0 spiro atoms. The van der Waals surface area contributed by atoms with Crippen LogP contribution in [0.1, 0.15) is 56.0 Å². The number of phenolic OH excluding ortho intramolecular Hbond substituents is 1. The summed E-state index contributed by atoms with van der Waals surface area (Å²) in [4.78, 5) is 44.4. The van der Waals surface area contributed by atoms with E-state index in [9.17, 15) is 34.8 Å². The van der Waals surface area contributed by atoms with Crippen molar-refractivity contribution in [3.05, 3.63) is 45.9 Å². The molecule has 212 valence electrons. The van der Waals surface area contributed by atoms with Crippen molar-refractivity contribution in [3.63, 3.8) is 0 Å². The third kappa shape index (κ3) is 4.30. The number of aliphatic hydroxyl groups is 3. The first kappa shape index (κ1) is 28.6. The predicted octanol–water partition coefficient (Wildman–Crippen LogP) is 2.40. The normalized spacial score (nSPS) is 26.8. The molecule has 3 aliphatic rings. The predicted molar refractivity (Wildman–Crippen MR) is 146 cm³/mol. The Balaban J connectivity index is 1.89. The van der Waals surface area contributed by atoms with E-state index in [1.165, 1.54) is 6.07 Å². The number of nitrogens with zero attached hydrogens (tertiary/aromatic N) is 2. The van der Waals surface area contributed by atoms with E-state index in [0.29, 0.717) is 12.0 Å². The number of amides is 1. The van der Waals surface area contributed by atoms with E-state index in [2.05, 4.69) is 5.32 Å². The minimum absolute atomic E-state index is 0.0196. The molecule has 1 aromatic rings. The van der Waals surface area contributed by atoms with Gasteiger partial charge in [-0.15, -0.1) is 0 Å². The van der Waals surface area contributed by atoms with Gasteiger partial charge in [-0.25, -0.2) is 0 Å². The van der Waals surface area contributed by atoms with Crippen LogP contribution in [0.15, 0.2) is 34.8 Å². The lowest BCUT2D eigenvalue weighted by atomic mass is 9.58. The number of likely N-dealkylation sites (N-methyl/N-ethyl adjacent to an activating group) is 1. The summed E-state index contributed by atoms with van der Waals surface area (Å²) >= 11 is 0. The second-order valence-electron chi connectivity index (χ2n) is 12.0. The number of benzene rings is 1. The first-order chi connectivity index (χ1) is 18.1. The van der Waals surface area contributed by atoms with Crippen molar-refractivity contribution in [2.45, 2.75) is 63.6 Å². The molecule has 0 unspecified atom stereocenters. The molecule has 0 heterocycles. The fourth-order valence-electron chi connectivity index (χ4n) is 6.69. The van der Waals surface area contributed by atoms with Gasteiger partial charge >= 0.3 is 0 Å². The highest BCUT2D eigenvalue weighted by atomic mass is 16.3. The summed E-state index contributed by atoms with van der Waals surface area (Å²) in [5, 5.41) is 48.2. The van der Waals surface area contributed by atoms with Crippen LogP contribution in [0.5, 0.6) is 5.75 Å². The van der Waals surface area contributed by atoms with Crippen LogP contribution in [-0.2, 0) is 16.0 Å². The molecule has 0 aromatic heterocycles. The van der Waals surface area contributed by atoms with Gasteiger partial charge < -0.3 is 30.6 Å². The summed E-state index contributed by atoms with van der Waals surface area (Å²) in [6.07, 6.45) is 1.72. The summed E-state index contributed by atoms with van der Waals surface area (Å²) < 4.78 is 0. The Morgan fingerprint density at radius 1 is 1.13 bits per heavy atom. The van der Waals surface area contributed by atoms with E-state index < -0.39 is 63.6 Å². The third-order valence-electron chi connectivity index (χ3n) is 8.37. The van der Waals surface area contributed by atoms with Crippen molar-refractivity contribution in [1.82, 2.24) is 10.2 Å². The zero-order chi connectivity index (χ0) is 29.2. The number of hydrogen-bond donors (Lipinski definition) is 5. The smallest absolute Gasteiger partial charge is 0.258 e. The molecule has 10 nitrogen and oxygen atoms in total. The molecular weight excluding hydrogens is 502 g/mol. The number of carbonyl (C=O) groups excluding carboxylic acids is 3. The lowest BCUT2D eigenvalue weighted by molar-refractivity contribution is -0.149. The molecule has 0 saturated heterocycles. The number of fused-ring (bicyclic) bond motifs is 3. The van der Waals surface area contributed by atoms with E-state index in [1.807, 2.05) is 25.9 Å². The maximum Gasteiger partial charge on any atom is 0.258 e. The van der Waals surface area contributed by atoms with Gasteiger partial charge in [-0.1, -0.05) is 13.3 Å². The Bertz CT molecular complexity index is 1310. The molecule has 4 atom stereocenters. The quantitative estimate of drug-likeness (QED) is 0.342. The molecule has 1 aromatic carbocycles. The monoisotopic (exact) mass is 541 g/mol. The maximum atomic E-state index is 13.9. The summed E-state index contributed by atoms with van der Waals surface area (Å²) in [6.45, 7) is 5.53. The highest BCUT2D eigenvalue weighted by molar-refractivity contribution is 6.25. The summed E-state index contributed by atoms with van der Waals surface area (Å²) in [7, 11) is 6.93. The highest BCUT2D eigenvalue weighted by Crippen LogP contribution is 2.53. The van der Waals surface area contributed by atoms with Crippen molar-refractivity contribution in [2.24, 2.45) is 11.8 Å². The molecule has 3 aliphatic carbocycles. The molecular formula is C29H39N3O7. The molecule has 0 fully saturated rings. The minimum atomic E-state index is -2.61. The SMILES string of the molecule is CCCC(C)(C)NC(=O)C1=C(O)[C@@H](N(C)C)[C@@H]2C[C@@H]3Cc4c(N(C)C)ccc(O)c4C(=O)C3=C(O)[C@]2(O)C1=O. The molecule has 1 amide bonds. The van der Waals surface area contributed by atoms with Gasteiger partial charge in [-0.3, -0.25) is 19.3 Å². The lowest BCUT2D eigenvalue weighted by Gasteiger charge is -2.50. The Labute approximate surface area is 228 Å². The number of nitrogens with one attached hydrogen (secondary N) is 1.